The monoisotopic (exact) mass is 307 g/mol. The van der Waals surface area contributed by atoms with E-state index >= 15 is 0 Å². The summed E-state index contributed by atoms with van der Waals surface area (Å²) in [6.07, 6.45) is 0. The number of rotatable bonds is 4. The summed E-state index contributed by atoms with van der Waals surface area (Å²) in [4.78, 5) is 10.8. The standard InChI is InChI=1S/C14H13NO5S/c1-9-4-2-3-5-12(9)15-13-7-6-10(21(18,19)20)8-11(13)14(16)17/h2-8,15H,1H3,(H,16,17)(H,18,19,20). The molecule has 0 saturated carbocycles. The molecule has 3 N–H and O–H groups in total. The molecule has 0 bridgehead atoms. The molecule has 7 heteroatoms. The van der Waals surface area contributed by atoms with Crippen LogP contribution in [0.5, 0.6) is 0 Å². The number of nitrogens with one attached hydrogen (secondary N) is 1. The molecule has 0 spiro atoms. The molecule has 2 rings (SSSR count). The van der Waals surface area contributed by atoms with E-state index in [2.05, 4.69) is 5.32 Å². The number of benzene rings is 2. The third-order valence-electron chi connectivity index (χ3n) is 2.93. The summed E-state index contributed by atoms with van der Waals surface area (Å²) in [5.74, 6) is -1.29. The van der Waals surface area contributed by atoms with Crippen LogP contribution in [-0.4, -0.2) is 24.0 Å². The molecule has 0 unspecified atom stereocenters. The lowest BCUT2D eigenvalue weighted by molar-refractivity contribution is 0.0697. The van der Waals surface area contributed by atoms with Crippen molar-refractivity contribution < 1.29 is 22.9 Å². The van der Waals surface area contributed by atoms with Gasteiger partial charge in [-0.05, 0) is 36.8 Å². The predicted molar refractivity (Wildman–Crippen MR) is 77.7 cm³/mol. The van der Waals surface area contributed by atoms with Crippen molar-refractivity contribution in [1.82, 2.24) is 0 Å². The molecule has 0 radical (unpaired) electrons. The molecular formula is C14H13NO5S. The fraction of sp³-hybridized carbons (Fsp3) is 0.0714. The van der Waals surface area contributed by atoms with Gasteiger partial charge in [-0.1, -0.05) is 18.2 Å². The number of para-hydroxylation sites is 1. The van der Waals surface area contributed by atoms with Crippen molar-refractivity contribution in [3.05, 3.63) is 53.6 Å². The summed E-state index contributed by atoms with van der Waals surface area (Å²) in [5, 5.41) is 12.1. The number of hydrogen-bond donors (Lipinski definition) is 3. The topological polar surface area (TPSA) is 104 Å². The Morgan fingerprint density at radius 1 is 1.10 bits per heavy atom. The SMILES string of the molecule is Cc1ccccc1Nc1ccc(S(=O)(=O)O)cc1C(=O)O. The molecule has 0 saturated heterocycles. The van der Waals surface area contributed by atoms with Gasteiger partial charge < -0.3 is 10.4 Å². The quantitative estimate of drug-likeness (QED) is 0.750. The Balaban J connectivity index is 2.50. The number of anilines is 2. The number of carbonyl (C=O) groups is 1. The largest absolute Gasteiger partial charge is 0.478 e. The van der Waals surface area contributed by atoms with Gasteiger partial charge in [-0.2, -0.15) is 8.42 Å². The van der Waals surface area contributed by atoms with E-state index in [9.17, 15) is 18.3 Å². The first-order valence-corrected chi connectivity index (χ1v) is 7.40. The number of carboxylic acids is 1. The Hall–Kier alpha value is -2.38. The van der Waals surface area contributed by atoms with E-state index in [1.807, 2.05) is 19.1 Å². The first-order valence-electron chi connectivity index (χ1n) is 5.96. The highest BCUT2D eigenvalue weighted by molar-refractivity contribution is 7.85. The van der Waals surface area contributed by atoms with E-state index in [0.29, 0.717) is 5.69 Å². The molecule has 0 atom stereocenters. The fourth-order valence-electron chi connectivity index (χ4n) is 1.83. The zero-order valence-corrected chi connectivity index (χ0v) is 11.9. The van der Waals surface area contributed by atoms with E-state index in [0.717, 1.165) is 17.7 Å². The van der Waals surface area contributed by atoms with Crippen molar-refractivity contribution in [3.8, 4) is 0 Å². The average molecular weight is 307 g/mol. The Morgan fingerprint density at radius 3 is 2.33 bits per heavy atom. The molecule has 6 nitrogen and oxygen atoms in total. The van der Waals surface area contributed by atoms with Crippen LogP contribution in [0.3, 0.4) is 0 Å². The maximum absolute atomic E-state index is 11.3. The van der Waals surface area contributed by atoms with Gasteiger partial charge in [-0.3, -0.25) is 4.55 Å². The van der Waals surface area contributed by atoms with E-state index in [4.69, 9.17) is 4.55 Å². The molecule has 0 aliphatic carbocycles. The number of carboxylic acid groups (broad SMARTS) is 1. The van der Waals surface area contributed by atoms with Crippen LogP contribution in [0.1, 0.15) is 15.9 Å². The van der Waals surface area contributed by atoms with Crippen molar-refractivity contribution in [2.24, 2.45) is 0 Å². The van der Waals surface area contributed by atoms with Gasteiger partial charge in [0.05, 0.1) is 16.1 Å². The minimum atomic E-state index is -4.45. The number of aromatic carboxylic acids is 1. The fourth-order valence-corrected chi connectivity index (χ4v) is 2.33. The molecule has 21 heavy (non-hydrogen) atoms. The lowest BCUT2D eigenvalue weighted by Crippen LogP contribution is -2.06. The van der Waals surface area contributed by atoms with Crippen LogP contribution in [0, 0.1) is 6.92 Å². The molecule has 2 aromatic carbocycles. The Morgan fingerprint density at radius 2 is 1.76 bits per heavy atom. The smallest absolute Gasteiger partial charge is 0.337 e. The molecule has 110 valence electrons. The van der Waals surface area contributed by atoms with Crippen LogP contribution in [0.25, 0.3) is 0 Å². The van der Waals surface area contributed by atoms with E-state index in [1.165, 1.54) is 6.07 Å². The molecular weight excluding hydrogens is 294 g/mol. The summed E-state index contributed by atoms with van der Waals surface area (Å²) < 4.78 is 31.1. The van der Waals surface area contributed by atoms with Crippen LogP contribution in [0.4, 0.5) is 11.4 Å². The van der Waals surface area contributed by atoms with Gasteiger partial charge in [-0.25, -0.2) is 4.79 Å². The number of aryl methyl sites for hydroxylation is 1. The molecule has 2 aromatic rings. The van der Waals surface area contributed by atoms with Crippen LogP contribution in [0.2, 0.25) is 0 Å². The second kappa shape index (κ2) is 5.55. The summed E-state index contributed by atoms with van der Waals surface area (Å²) >= 11 is 0. The highest BCUT2D eigenvalue weighted by Gasteiger charge is 2.17. The lowest BCUT2D eigenvalue weighted by Gasteiger charge is -2.12. The minimum absolute atomic E-state index is 0.240. The van der Waals surface area contributed by atoms with E-state index in [1.54, 1.807) is 12.1 Å². The molecule has 0 aromatic heterocycles. The molecule has 0 aliphatic rings. The molecule has 0 aliphatic heterocycles. The van der Waals surface area contributed by atoms with Gasteiger partial charge in [0.15, 0.2) is 0 Å². The van der Waals surface area contributed by atoms with E-state index < -0.39 is 21.0 Å². The van der Waals surface area contributed by atoms with E-state index in [-0.39, 0.29) is 11.3 Å². The first-order chi connectivity index (χ1) is 9.79. The van der Waals surface area contributed by atoms with Crippen LogP contribution in [-0.2, 0) is 10.1 Å². The zero-order chi connectivity index (χ0) is 15.6. The van der Waals surface area contributed by atoms with Crippen molar-refractivity contribution in [3.63, 3.8) is 0 Å². The molecule has 0 fully saturated rings. The van der Waals surface area contributed by atoms with Crippen LogP contribution >= 0.6 is 0 Å². The second-order valence-corrected chi connectivity index (χ2v) is 5.85. The summed E-state index contributed by atoms with van der Waals surface area (Å²) in [6, 6.07) is 10.6. The summed E-state index contributed by atoms with van der Waals surface area (Å²) in [5.41, 5.74) is 1.62. The van der Waals surface area contributed by atoms with Crippen molar-refractivity contribution in [2.45, 2.75) is 11.8 Å². The predicted octanol–water partition coefficient (Wildman–Crippen LogP) is 2.68. The zero-order valence-electron chi connectivity index (χ0n) is 11.1. The maximum Gasteiger partial charge on any atom is 0.337 e. The Kier molecular flexibility index (Phi) is 3.97. The molecule has 0 amide bonds. The van der Waals surface area contributed by atoms with Gasteiger partial charge in [0.25, 0.3) is 10.1 Å². The first kappa shape index (κ1) is 15.0. The Labute approximate surface area is 121 Å². The summed E-state index contributed by atoms with van der Waals surface area (Å²) in [6.45, 7) is 1.86. The van der Waals surface area contributed by atoms with Crippen molar-refractivity contribution in [1.29, 1.82) is 0 Å². The van der Waals surface area contributed by atoms with Gasteiger partial charge in [-0.15, -0.1) is 0 Å². The highest BCUT2D eigenvalue weighted by atomic mass is 32.2. The van der Waals surface area contributed by atoms with Crippen molar-refractivity contribution >= 4 is 27.5 Å². The minimum Gasteiger partial charge on any atom is -0.478 e. The van der Waals surface area contributed by atoms with Gasteiger partial charge >= 0.3 is 5.97 Å². The third kappa shape index (κ3) is 3.39. The van der Waals surface area contributed by atoms with Gasteiger partial charge in [0.2, 0.25) is 0 Å². The summed E-state index contributed by atoms with van der Waals surface area (Å²) in [7, 11) is -4.45. The van der Waals surface area contributed by atoms with Crippen LogP contribution in [0.15, 0.2) is 47.4 Å². The second-order valence-electron chi connectivity index (χ2n) is 4.43. The third-order valence-corrected chi connectivity index (χ3v) is 3.78. The maximum atomic E-state index is 11.3. The Bertz CT molecular complexity index is 799. The van der Waals surface area contributed by atoms with Gasteiger partial charge in [0, 0.05) is 5.69 Å². The van der Waals surface area contributed by atoms with Gasteiger partial charge in [0.1, 0.15) is 0 Å². The highest BCUT2D eigenvalue weighted by Crippen LogP contribution is 2.25. The van der Waals surface area contributed by atoms with Crippen LogP contribution < -0.4 is 5.32 Å². The lowest BCUT2D eigenvalue weighted by atomic mass is 10.1. The number of hydrogen-bond acceptors (Lipinski definition) is 4. The van der Waals surface area contributed by atoms with Crippen molar-refractivity contribution in [2.75, 3.05) is 5.32 Å². The average Bonchev–Trinajstić information content (AvgIpc) is 2.40. The molecule has 0 heterocycles. The normalized spacial score (nSPS) is 11.1.